The summed E-state index contributed by atoms with van der Waals surface area (Å²) in [6.07, 6.45) is 1.34. The van der Waals surface area contributed by atoms with Crippen molar-refractivity contribution in [1.82, 2.24) is 5.16 Å². The van der Waals surface area contributed by atoms with Gasteiger partial charge in [-0.05, 0) is 37.4 Å². The largest absolute Gasteiger partial charge is 0.465 e. The number of esters is 1. The number of nitrogens with zero attached hydrogens (tertiary/aromatic N) is 1. The van der Waals surface area contributed by atoms with Gasteiger partial charge in [0.1, 0.15) is 0 Å². The normalized spacial score (nSPS) is 13.9. The molecule has 0 saturated heterocycles. The molecule has 1 unspecified atom stereocenters. The maximum absolute atomic E-state index is 12.0. The van der Waals surface area contributed by atoms with Crippen LogP contribution in [0.4, 0.5) is 0 Å². The van der Waals surface area contributed by atoms with Gasteiger partial charge in [0, 0.05) is 28.3 Å². The van der Waals surface area contributed by atoms with Crippen LogP contribution < -0.4 is 0 Å². The van der Waals surface area contributed by atoms with E-state index in [-0.39, 0.29) is 19.4 Å². The molecular formula is C13H16BrNO5S. The molecule has 0 spiro atoms. The van der Waals surface area contributed by atoms with Crippen LogP contribution in [-0.4, -0.2) is 37.2 Å². The zero-order chi connectivity index (χ0) is 16.1. The minimum atomic E-state index is -3.63. The average Bonchev–Trinajstić information content (AvgIpc) is 2.83. The third-order valence-corrected chi connectivity index (χ3v) is 5.32. The second kappa shape index (κ2) is 7.09. The molecule has 6 nitrogen and oxygen atoms in total. The summed E-state index contributed by atoms with van der Waals surface area (Å²) in [7, 11) is -3.63. The van der Waals surface area contributed by atoms with Gasteiger partial charge >= 0.3 is 5.97 Å². The lowest BCUT2D eigenvalue weighted by atomic mass is 10.0. The van der Waals surface area contributed by atoms with E-state index < -0.39 is 20.6 Å². The van der Waals surface area contributed by atoms with E-state index in [4.69, 9.17) is 9.26 Å². The fourth-order valence-electron chi connectivity index (χ4n) is 1.62. The third-order valence-electron chi connectivity index (χ3n) is 3.11. The van der Waals surface area contributed by atoms with E-state index >= 15 is 0 Å². The summed E-state index contributed by atoms with van der Waals surface area (Å²) in [6.45, 7) is 3.11. The van der Waals surface area contributed by atoms with Gasteiger partial charge in [0.15, 0.2) is 14.6 Å². The Kier molecular flexibility index (Phi) is 5.98. The highest BCUT2D eigenvalue weighted by molar-refractivity contribution is 9.12. The molecule has 1 aromatic rings. The molecule has 0 radical (unpaired) electrons. The molecular weight excluding hydrogens is 362 g/mol. The van der Waals surface area contributed by atoms with Crippen LogP contribution in [0.1, 0.15) is 31.7 Å². The summed E-state index contributed by atoms with van der Waals surface area (Å²) in [6, 6.07) is 1.60. The molecule has 116 valence electrons. The van der Waals surface area contributed by atoms with Crippen molar-refractivity contribution in [2.45, 2.75) is 31.4 Å². The predicted molar refractivity (Wildman–Crippen MR) is 80.5 cm³/mol. The first-order chi connectivity index (χ1) is 9.74. The Bertz CT molecular complexity index is 670. The number of rotatable bonds is 6. The summed E-state index contributed by atoms with van der Waals surface area (Å²) in [5, 5.41) is 3.78. The summed E-state index contributed by atoms with van der Waals surface area (Å²) in [4.78, 5) is 14.5. The molecule has 0 N–H and O–H groups in total. The standard InChI is InChI=1S/C13H16BrNO5S/c1-4-19-12(16)13(2,21(3,17)18)7-5-10-9-11(6-8-14)20-15-10/h9H,4-5,7H2,1-3H3. The fourth-order valence-corrected chi connectivity index (χ4v) is 2.65. The second-order valence-corrected chi connectivity index (χ2v) is 7.47. The maximum atomic E-state index is 12.0. The highest BCUT2D eigenvalue weighted by Gasteiger charge is 2.44. The molecule has 0 amide bonds. The van der Waals surface area contributed by atoms with E-state index in [0.29, 0.717) is 11.5 Å². The van der Waals surface area contributed by atoms with E-state index in [1.54, 1.807) is 13.0 Å². The monoisotopic (exact) mass is 377 g/mol. The molecule has 0 aliphatic carbocycles. The molecule has 21 heavy (non-hydrogen) atoms. The Labute approximate surface area is 132 Å². The SMILES string of the molecule is CCOC(=O)C(C)(CCc1cc(C#CBr)on1)S(C)(=O)=O. The van der Waals surface area contributed by atoms with Crippen LogP contribution in [0.3, 0.4) is 0 Å². The number of halogens is 1. The number of hydrogen-bond acceptors (Lipinski definition) is 6. The van der Waals surface area contributed by atoms with E-state index in [0.717, 1.165) is 6.26 Å². The van der Waals surface area contributed by atoms with E-state index in [1.807, 2.05) is 0 Å². The molecule has 0 aliphatic heterocycles. The first kappa shape index (κ1) is 17.7. The molecule has 0 aromatic carbocycles. The van der Waals surface area contributed by atoms with Crippen LogP contribution in [0.25, 0.3) is 0 Å². The summed E-state index contributed by atoms with van der Waals surface area (Å²) in [5.74, 6) is 2.23. The average molecular weight is 378 g/mol. The van der Waals surface area contributed by atoms with Gasteiger partial charge in [0.2, 0.25) is 5.76 Å². The van der Waals surface area contributed by atoms with E-state index in [1.165, 1.54) is 6.92 Å². The van der Waals surface area contributed by atoms with Crippen molar-refractivity contribution in [1.29, 1.82) is 0 Å². The zero-order valence-corrected chi connectivity index (χ0v) is 14.4. The molecule has 1 aromatic heterocycles. The predicted octanol–water partition coefficient (Wildman–Crippen LogP) is 1.68. The number of aryl methyl sites for hydroxylation is 1. The zero-order valence-electron chi connectivity index (χ0n) is 12.0. The Balaban J connectivity index is 2.91. The lowest BCUT2D eigenvalue weighted by Crippen LogP contribution is -2.44. The van der Waals surface area contributed by atoms with Gasteiger partial charge in [0.05, 0.1) is 12.3 Å². The van der Waals surface area contributed by atoms with Crippen LogP contribution >= 0.6 is 15.9 Å². The quantitative estimate of drug-likeness (QED) is 0.553. The van der Waals surface area contributed by atoms with Gasteiger partial charge in [-0.15, -0.1) is 0 Å². The third kappa shape index (κ3) is 4.32. The van der Waals surface area contributed by atoms with Crippen LogP contribution in [0, 0.1) is 10.8 Å². The van der Waals surface area contributed by atoms with Crippen molar-refractivity contribution in [2.75, 3.05) is 12.9 Å². The lowest BCUT2D eigenvalue weighted by molar-refractivity contribution is -0.146. The van der Waals surface area contributed by atoms with Gasteiger partial charge in [-0.2, -0.15) is 0 Å². The highest BCUT2D eigenvalue weighted by Crippen LogP contribution is 2.25. The fraction of sp³-hybridized carbons (Fsp3) is 0.538. The molecule has 0 fully saturated rings. The van der Waals surface area contributed by atoms with Gasteiger partial charge in [-0.3, -0.25) is 4.79 Å². The minimum absolute atomic E-state index is 0.0539. The van der Waals surface area contributed by atoms with Gasteiger partial charge in [-0.1, -0.05) is 5.16 Å². The molecule has 0 bridgehead atoms. The number of sulfone groups is 1. The second-order valence-electron chi connectivity index (χ2n) is 4.63. The molecule has 0 aliphatic rings. The Morgan fingerprint density at radius 3 is 2.76 bits per heavy atom. The number of ether oxygens (including phenoxy) is 1. The minimum Gasteiger partial charge on any atom is -0.465 e. The van der Waals surface area contributed by atoms with Crippen molar-refractivity contribution >= 4 is 31.7 Å². The molecule has 8 heteroatoms. The van der Waals surface area contributed by atoms with Crippen molar-refractivity contribution < 1.29 is 22.5 Å². The molecule has 0 saturated carbocycles. The first-order valence-corrected chi connectivity index (χ1v) is 8.87. The van der Waals surface area contributed by atoms with Crippen molar-refractivity contribution in [3.8, 4) is 10.8 Å². The van der Waals surface area contributed by atoms with Crippen LogP contribution in [0.15, 0.2) is 10.6 Å². The van der Waals surface area contributed by atoms with Crippen molar-refractivity contribution in [3.05, 3.63) is 17.5 Å². The summed E-state index contributed by atoms with van der Waals surface area (Å²) in [5.41, 5.74) is 0.527. The van der Waals surface area contributed by atoms with Gasteiger partial charge in [-0.25, -0.2) is 8.42 Å². The number of carbonyl (C=O) groups excluding carboxylic acids is 1. The first-order valence-electron chi connectivity index (χ1n) is 6.18. The molecule has 1 heterocycles. The molecule has 1 rings (SSSR count). The number of hydrogen-bond donors (Lipinski definition) is 0. The maximum Gasteiger partial charge on any atom is 0.327 e. The van der Waals surface area contributed by atoms with Gasteiger partial charge < -0.3 is 9.26 Å². The Hall–Kier alpha value is -1.33. The van der Waals surface area contributed by atoms with Crippen molar-refractivity contribution in [2.24, 2.45) is 0 Å². The Morgan fingerprint density at radius 1 is 1.57 bits per heavy atom. The van der Waals surface area contributed by atoms with Crippen molar-refractivity contribution in [3.63, 3.8) is 0 Å². The summed E-state index contributed by atoms with van der Waals surface area (Å²) < 4.78 is 32.1. The summed E-state index contributed by atoms with van der Waals surface area (Å²) >= 11 is 2.94. The van der Waals surface area contributed by atoms with Gasteiger partial charge in [0.25, 0.3) is 0 Å². The van der Waals surface area contributed by atoms with E-state index in [9.17, 15) is 13.2 Å². The number of aromatic nitrogens is 1. The molecule has 1 atom stereocenters. The van der Waals surface area contributed by atoms with E-state index in [2.05, 4.69) is 31.8 Å². The Morgan fingerprint density at radius 2 is 2.24 bits per heavy atom. The highest BCUT2D eigenvalue weighted by atomic mass is 79.9. The lowest BCUT2D eigenvalue weighted by Gasteiger charge is -2.24. The number of carbonyl (C=O) groups is 1. The smallest absolute Gasteiger partial charge is 0.327 e. The van der Waals surface area contributed by atoms with Crippen LogP contribution in [0.2, 0.25) is 0 Å². The van der Waals surface area contributed by atoms with Crippen LogP contribution in [0.5, 0.6) is 0 Å². The topological polar surface area (TPSA) is 86.5 Å². The van der Waals surface area contributed by atoms with Crippen LogP contribution in [-0.2, 0) is 25.8 Å².